The van der Waals surface area contributed by atoms with E-state index in [1.54, 1.807) is 6.92 Å². The first-order chi connectivity index (χ1) is 10.8. The number of halogens is 2. The van der Waals surface area contributed by atoms with Crippen LogP contribution in [0, 0.1) is 5.82 Å². The molecule has 0 amide bonds. The molecule has 24 heavy (non-hydrogen) atoms. The van der Waals surface area contributed by atoms with Crippen LogP contribution in [0.2, 0.25) is 0 Å². The van der Waals surface area contributed by atoms with Gasteiger partial charge in [0.15, 0.2) is 0 Å². The summed E-state index contributed by atoms with van der Waals surface area (Å²) in [5.74, 6) is -1.56. The van der Waals surface area contributed by atoms with Crippen LogP contribution in [0.25, 0.3) is 0 Å². The molecule has 0 saturated heterocycles. The van der Waals surface area contributed by atoms with E-state index in [4.69, 9.17) is 10.5 Å². The Hall–Kier alpha value is -1.22. The molecule has 0 aromatic heterocycles. The van der Waals surface area contributed by atoms with Crippen LogP contribution >= 0.6 is 12.4 Å². The van der Waals surface area contributed by atoms with Gasteiger partial charge in [-0.25, -0.2) is 22.3 Å². The lowest BCUT2D eigenvalue weighted by Crippen LogP contribution is -2.40. The fourth-order valence-corrected chi connectivity index (χ4v) is 3.94. The van der Waals surface area contributed by atoms with Gasteiger partial charge in [0.25, 0.3) is 0 Å². The molecule has 0 unspecified atom stereocenters. The van der Waals surface area contributed by atoms with Crippen molar-refractivity contribution >= 4 is 28.4 Å². The van der Waals surface area contributed by atoms with Gasteiger partial charge in [0.05, 0.1) is 17.1 Å². The zero-order valence-electron chi connectivity index (χ0n) is 13.3. The summed E-state index contributed by atoms with van der Waals surface area (Å²) in [6, 6.07) is 2.84. The maximum absolute atomic E-state index is 13.7. The van der Waals surface area contributed by atoms with Crippen LogP contribution in [0.3, 0.4) is 0 Å². The van der Waals surface area contributed by atoms with Gasteiger partial charge in [-0.3, -0.25) is 0 Å². The zero-order chi connectivity index (χ0) is 17.0. The molecule has 0 heterocycles. The first-order valence-corrected chi connectivity index (χ1v) is 9.05. The molecule has 0 aliphatic heterocycles. The standard InChI is InChI=1S/C15H21FN2O4S.ClH/c1-2-22-15(19)10-7-11(16)9-14(8-10)23(20,21)18-13-5-3-12(17)4-6-13;/h7-9,12-13,18H,2-6,17H2,1H3;1H. The van der Waals surface area contributed by atoms with E-state index in [1.807, 2.05) is 0 Å². The summed E-state index contributed by atoms with van der Waals surface area (Å²) in [6.07, 6.45) is 2.76. The van der Waals surface area contributed by atoms with Gasteiger partial charge in [-0.2, -0.15) is 0 Å². The lowest BCUT2D eigenvalue weighted by Gasteiger charge is -2.26. The first-order valence-electron chi connectivity index (χ1n) is 7.57. The third kappa shape index (κ3) is 5.41. The van der Waals surface area contributed by atoms with Gasteiger partial charge >= 0.3 is 5.97 Å². The van der Waals surface area contributed by atoms with Crippen LogP contribution in [0.1, 0.15) is 43.0 Å². The van der Waals surface area contributed by atoms with Crippen LogP contribution in [-0.2, 0) is 14.8 Å². The van der Waals surface area contributed by atoms with Crippen LogP contribution in [0.4, 0.5) is 4.39 Å². The summed E-state index contributed by atoms with van der Waals surface area (Å²) < 4.78 is 45.8. The van der Waals surface area contributed by atoms with Crippen LogP contribution in [0.5, 0.6) is 0 Å². The van der Waals surface area contributed by atoms with Gasteiger partial charge in [0, 0.05) is 12.1 Å². The maximum atomic E-state index is 13.7. The van der Waals surface area contributed by atoms with E-state index in [0.29, 0.717) is 12.8 Å². The van der Waals surface area contributed by atoms with Gasteiger partial charge in [-0.15, -0.1) is 12.4 Å². The monoisotopic (exact) mass is 380 g/mol. The van der Waals surface area contributed by atoms with E-state index >= 15 is 0 Å². The highest BCUT2D eigenvalue weighted by molar-refractivity contribution is 7.89. The Kier molecular flexibility index (Phi) is 7.59. The summed E-state index contributed by atoms with van der Waals surface area (Å²) in [7, 11) is -3.91. The van der Waals surface area contributed by atoms with Crippen LogP contribution in [-0.4, -0.2) is 33.1 Å². The van der Waals surface area contributed by atoms with Crippen molar-refractivity contribution in [3.05, 3.63) is 29.6 Å². The molecule has 9 heteroatoms. The smallest absolute Gasteiger partial charge is 0.338 e. The molecule has 1 aromatic carbocycles. The Morgan fingerprint density at radius 1 is 1.29 bits per heavy atom. The number of nitrogens with two attached hydrogens (primary N) is 1. The van der Waals surface area contributed by atoms with E-state index in [9.17, 15) is 17.6 Å². The molecule has 0 atom stereocenters. The number of hydrogen-bond acceptors (Lipinski definition) is 5. The molecule has 1 saturated carbocycles. The van der Waals surface area contributed by atoms with E-state index in [1.165, 1.54) is 0 Å². The average molecular weight is 381 g/mol. The maximum Gasteiger partial charge on any atom is 0.338 e. The van der Waals surface area contributed by atoms with E-state index in [0.717, 1.165) is 31.0 Å². The number of ether oxygens (including phenoxy) is 1. The Morgan fingerprint density at radius 2 is 1.92 bits per heavy atom. The minimum Gasteiger partial charge on any atom is -0.462 e. The predicted octanol–water partition coefficient (Wildman–Crippen LogP) is 1.97. The molecular formula is C15H22ClFN2O4S. The van der Waals surface area contributed by atoms with Crippen LogP contribution in [0.15, 0.2) is 23.1 Å². The predicted molar refractivity (Wildman–Crippen MR) is 90.2 cm³/mol. The van der Waals surface area contributed by atoms with Crippen LogP contribution < -0.4 is 10.5 Å². The molecule has 1 aliphatic rings. The lowest BCUT2D eigenvalue weighted by atomic mass is 9.93. The number of rotatable bonds is 5. The molecule has 0 radical (unpaired) electrons. The Balaban J connectivity index is 0.00000288. The molecular weight excluding hydrogens is 359 g/mol. The fraction of sp³-hybridized carbons (Fsp3) is 0.533. The average Bonchev–Trinajstić information content (AvgIpc) is 2.49. The highest BCUT2D eigenvalue weighted by atomic mass is 35.5. The van der Waals surface area contributed by atoms with Crippen molar-refractivity contribution in [3.8, 4) is 0 Å². The summed E-state index contributed by atoms with van der Waals surface area (Å²) in [5, 5.41) is 0. The van der Waals surface area contributed by atoms with Gasteiger partial charge < -0.3 is 10.5 Å². The largest absolute Gasteiger partial charge is 0.462 e. The third-order valence-electron chi connectivity index (χ3n) is 3.79. The minimum atomic E-state index is -3.91. The summed E-state index contributed by atoms with van der Waals surface area (Å²) in [5.41, 5.74) is 5.67. The van der Waals surface area contributed by atoms with Crippen molar-refractivity contribution in [2.24, 2.45) is 5.73 Å². The minimum absolute atomic E-state index is 0. The van der Waals surface area contributed by atoms with Gasteiger partial charge in [0.2, 0.25) is 10.0 Å². The van der Waals surface area contributed by atoms with E-state index in [2.05, 4.69) is 4.72 Å². The number of hydrogen-bond donors (Lipinski definition) is 2. The second-order valence-electron chi connectivity index (χ2n) is 5.63. The van der Waals surface area contributed by atoms with E-state index in [-0.39, 0.29) is 41.6 Å². The summed E-state index contributed by atoms with van der Waals surface area (Å²) in [4.78, 5) is 11.4. The molecule has 0 bridgehead atoms. The van der Waals surface area contributed by atoms with Crippen molar-refractivity contribution in [1.29, 1.82) is 0 Å². The van der Waals surface area contributed by atoms with Crippen molar-refractivity contribution in [3.63, 3.8) is 0 Å². The molecule has 1 fully saturated rings. The first kappa shape index (κ1) is 20.8. The quantitative estimate of drug-likeness (QED) is 0.761. The molecule has 136 valence electrons. The number of nitrogens with one attached hydrogen (secondary N) is 1. The fourth-order valence-electron chi connectivity index (χ4n) is 2.57. The number of sulfonamides is 1. The second kappa shape index (κ2) is 8.75. The topological polar surface area (TPSA) is 98.5 Å². The van der Waals surface area contributed by atoms with Crippen molar-refractivity contribution in [2.45, 2.75) is 49.6 Å². The molecule has 1 aliphatic carbocycles. The third-order valence-corrected chi connectivity index (χ3v) is 5.29. The Labute approximate surface area is 147 Å². The van der Waals surface area contributed by atoms with Crippen molar-refractivity contribution < 1.29 is 22.3 Å². The van der Waals surface area contributed by atoms with E-state index < -0.39 is 21.8 Å². The SMILES string of the molecule is CCOC(=O)c1cc(F)cc(S(=O)(=O)NC2CCC(N)CC2)c1.Cl. The highest BCUT2D eigenvalue weighted by Crippen LogP contribution is 2.21. The Morgan fingerprint density at radius 3 is 2.50 bits per heavy atom. The summed E-state index contributed by atoms with van der Waals surface area (Å²) in [6.45, 7) is 1.74. The number of esters is 1. The summed E-state index contributed by atoms with van der Waals surface area (Å²) >= 11 is 0. The number of carbonyl (C=O) groups is 1. The molecule has 1 aromatic rings. The van der Waals surface area contributed by atoms with Crippen molar-refractivity contribution in [1.82, 2.24) is 4.72 Å². The van der Waals surface area contributed by atoms with Gasteiger partial charge in [-0.1, -0.05) is 0 Å². The Bertz CT molecular complexity index is 676. The lowest BCUT2D eigenvalue weighted by molar-refractivity contribution is 0.0525. The number of carbonyl (C=O) groups excluding carboxylic acids is 1. The molecule has 2 rings (SSSR count). The molecule has 3 N–H and O–H groups in total. The van der Waals surface area contributed by atoms with Gasteiger partial charge in [-0.05, 0) is 50.8 Å². The van der Waals surface area contributed by atoms with Crippen molar-refractivity contribution in [2.75, 3.05) is 6.61 Å². The molecule has 0 spiro atoms. The highest BCUT2D eigenvalue weighted by Gasteiger charge is 2.25. The van der Waals surface area contributed by atoms with Gasteiger partial charge in [0.1, 0.15) is 5.82 Å². The number of benzene rings is 1. The zero-order valence-corrected chi connectivity index (χ0v) is 15.0. The normalized spacial score (nSPS) is 21.0. The second-order valence-corrected chi connectivity index (χ2v) is 7.34. The molecule has 6 nitrogen and oxygen atoms in total.